The molecule has 1 heterocycles. The van der Waals surface area contributed by atoms with Crippen LogP contribution in [0.5, 0.6) is 0 Å². The molecule has 2 rings (SSSR count). The molecule has 0 saturated heterocycles. The molecule has 9 heteroatoms. The van der Waals surface area contributed by atoms with Crippen LogP contribution in [0.15, 0.2) is 5.38 Å². The van der Waals surface area contributed by atoms with Gasteiger partial charge < -0.3 is 5.73 Å². The number of hydrogen-bond donors (Lipinski definition) is 1. The van der Waals surface area contributed by atoms with E-state index >= 15 is 0 Å². The van der Waals surface area contributed by atoms with Gasteiger partial charge in [-0.05, 0) is 31.6 Å². The number of rotatable bonds is 2. The van der Waals surface area contributed by atoms with Crippen molar-refractivity contribution in [1.29, 1.82) is 0 Å². The Hall–Kier alpha value is -0.830. The second-order valence-electron chi connectivity index (χ2n) is 5.25. The summed E-state index contributed by atoms with van der Waals surface area (Å²) in [5, 5.41) is 0.264. The highest BCUT2D eigenvalue weighted by atomic mass is 32.1. The summed E-state index contributed by atoms with van der Waals surface area (Å²) < 4.78 is 75.1. The van der Waals surface area contributed by atoms with Crippen molar-refractivity contribution in [3.63, 3.8) is 0 Å². The van der Waals surface area contributed by atoms with Gasteiger partial charge in [0.1, 0.15) is 0 Å². The van der Waals surface area contributed by atoms with Crippen molar-refractivity contribution in [2.75, 3.05) is 0 Å². The average molecular weight is 332 g/mol. The van der Waals surface area contributed by atoms with Crippen LogP contribution >= 0.6 is 11.3 Å². The van der Waals surface area contributed by atoms with Crippen LogP contribution in [0.2, 0.25) is 0 Å². The highest BCUT2D eigenvalue weighted by Gasteiger charge is 2.43. The Bertz CT molecular complexity index is 473. The number of thiazole rings is 1. The predicted molar refractivity (Wildman–Crippen MR) is 65.5 cm³/mol. The lowest BCUT2D eigenvalue weighted by molar-refractivity contribution is -0.184. The average Bonchev–Trinajstić information content (AvgIpc) is 2.86. The summed E-state index contributed by atoms with van der Waals surface area (Å²) in [5.41, 5.74) is 5.99. The summed E-state index contributed by atoms with van der Waals surface area (Å²) in [4.78, 5) is 3.47. The van der Waals surface area contributed by atoms with Gasteiger partial charge in [0, 0.05) is 5.38 Å². The molecule has 1 saturated carbocycles. The van der Waals surface area contributed by atoms with Crippen LogP contribution in [0, 0.1) is 11.8 Å². The van der Waals surface area contributed by atoms with E-state index in [4.69, 9.17) is 5.73 Å². The van der Waals surface area contributed by atoms with Gasteiger partial charge in [-0.3, -0.25) is 0 Å². The van der Waals surface area contributed by atoms with Crippen molar-refractivity contribution >= 4 is 11.3 Å². The summed E-state index contributed by atoms with van der Waals surface area (Å²) in [6.45, 7) is 0. The summed E-state index contributed by atoms with van der Waals surface area (Å²) in [6.07, 6.45) is -8.28. The lowest BCUT2D eigenvalue weighted by atomic mass is 9.78. The van der Waals surface area contributed by atoms with Crippen molar-refractivity contribution in [3.8, 4) is 0 Å². The number of alkyl halides is 6. The summed E-state index contributed by atoms with van der Waals surface area (Å²) in [5.74, 6) is -1.59. The molecule has 0 spiro atoms. The van der Waals surface area contributed by atoms with Crippen LogP contribution in [-0.2, 0) is 6.18 Å². The van der Waals surface area contributed by atoms with E-state index in [0.717, 1.165) is 0 Å². The normalized spacial score (nSPS) is 25.9. The molecule has 0 amide bonds. The first-order chi connectivity index (χ1) is 9.59. The van der Waals surface area contributed by atoms with Gasteiger partial charge in [0.15, 0.2) is 5.01 Å². The fourth-order valence-corrected chi connectivity index (χ4v) is 3.35. The maximum Gasteiger partial charge on any atom is 0.443 e. The Balaban J connectivity index is 1.99. The largest absolute Gasteiger partial charge is 0.443 e. The Labute approximate surface area is 121 Å². The molecule has 0 aliphatic heterocycles. The van der Waals surface area contributed by atoms with Gasteiger partial charge in [-0.15, -0.1) is 11.3 Å². The minimum absolute atomic E-state index is 0.0296. The molecule has 1 aliphatic carbocycles. The Morgan fingerprint density at radius 1 is 1.10 bits per heavy atom. The third-order valence-corrected chi connectivity index (χ3v) is 4.75. The van der Waals surface area contributed by atoms with Crippen LogP contribution in [0.1, 0.15) is 42.4 Å². The fourth-order valence-electron chi connectivity index (χ4n) is 2.62. The number of nitrogens with two attached hydrogens (primary N) is 1. The second kappa shape index (κ2) is 5.75. The van der Waals surface area contributed by atoms with Crippen molar-refractivity contribution in [1.82, 2.24) is 4.98 Å². The number of aromatic nitrogens is 1. The quantitative estimate of drug-likeness (QED) is 0.808. The first-order valence-electron chi connectivity index (χ1n) is 6.44. The van der Waals surface area contributed by atoms with Crippen molar-refractivity contribution < 1.29 is 26.3 Å². The monoisotopic (exact) mass is 332 g/mol. The first kappa shape index (κ1) is 16.5. The van der Waals surface area contributed by atoms with Gasteiger partial charge in [-0.25, -0.2) is 4.98 Å². The molecular formula is C12H14F6N2S. The molecule has 1 unspecified atom stereocenters. The number of hydrogen-bond acceptors (Lipinski definition) is 3. The Morgan fingerprint density at radius 2 is 1.67 bits per heavy atom. The lowest BCUT2D eigenvalue weighted by Gasteiger charge is -2.32. The van der Waals surface area contributed by atoms with E-state index in [0.29, 0.717) is 11.3 Å². The zero-order valence-corrected chi connectivity index (χ0v) is 11.7. The Kier molecular flexibility index (Phi) is 4.53. The summed E-state index contributed by atoms with van der Waals surface area (Å²) in [6, 6.07) is -0.744. The first-order valence-corrected chi connectivity index (χ1v) is 7.32. The maximum absolute atomic E-state index is 12.6. The fraction of sp³-hybridized carbons (Fsp3) is 0.750. The minimum atomic E-state index is -4.52. The van der Waals surface area contributed by atoms with E-state index < -0.39 is 29.3 Å². The molecule has 1 fully saturated rings. The second-order valence-corrected chi connectivity index (χ2v) is 6.11. The van der Waals surface area contributed by atoms with Crippen LogP contribution in [0.3, 0.4) is 0 Å². The van der Waals surface area contributed by atoms with Gasteiger partial charge in [-0.1, -0.05) is 0 Å². The molecule has 1 aromatic rings. The van der Waals surface area contributed by atoms with Crippen LogP contribution in [-0.4, -0.2) is 11.2 Å². The van der Waals surface area contributed by atoms with E-state index in [9.17, 15) is 26.3 Å². The summed E-state index contributed by atoms with van der Waals surface area (Å²) >= 11 is 0.458. The van der Waals surface area contributed by atoms with E-state index in [1.54, 1.807) is 0 Å². The molecule has 1 aromatic heterocycles. The minimum Gasteiger partial charge on any atom is -0.322 e. The predicted octanol–water partition coefficient (Wildman–Crippen LogP) is 4.53. The third kappa shape index (κ3) is 3.88. The van der Waals surface area contributed by atoms with Crippen LogP contribution in [0.4, 0.5) is 26.3 Å². The van der Waals surface area contributed by atoms with Crippen LogP contribution < -0.4 is 5.73 Å². The zero-order valence-electron chi connectivity index (χ0n) is 10.8. The van der Waals surface area contributed by atoms with E-state index in [-0.39, 0.29) is 37.3 Å². The summed E-state index contributed by atoms with van der Waals surface area (Å²) in [7, 11) is 0. The molecule has 0 radical (unpaired) electrons. The Morgan fingerprint density at radius 3 is 2.10 bits per heavy atom. The maximum atomic E-state index is 12.6. The molecule has 2 nitrogen and oxygen atoms in total. The molecule has 1 atom stereocenters. The van der Waals surface area contributed by atoms with Gasteiger partial charge in [0.05, 0.1) is 17.7 Å². The van der Waals surface area contributed by atoms with Crippen molar-refractivity contribution in [2.24, 2.45) is 17.6 Å². The number of halogens is 6. The molecular weight excluding hydrogens is 318 g/mol. The molecule has 21 heavy (non-hydrogen) atoms. The third-order valence-electron chi connectivity index (χ3n) is 3.85. The van der Waals surface area contributed by atoms with E-state index in [1.165, 1.54) is 5.38 Å². The van der Waals surface area contributed by atoms with E-state index in [1.807, 2.05) is 0 Å². The molecule has 1 aliphatic rings. The molecule has 2 N–H and O–H groups in total. The zero-order chi connectivity index (χ0) is 15.8. The topological polar surface area (TPSA) is 38.9 Å². The molecule has 120 valence electrons. The van der Waals surface area contributed by atoms with Gasteiger partial charge in [0.2, 0.25) is 0 Å². The lowest BCUT2D eigenvalue weighted by Crippen LogP contribution is -2.32. The molecule has 0 bridgehead atoms. The smallest absolute Gasteiger partial charge is 0.322 e. The highest BCUT2D eigenvalue weighted by Crippen LogP contribution is 2.43. The highest BCUT2D eigenvalue weighted by molar-refractivity contribution is 7.09. The van der Waals surface area contributed by atoms with Crippen LogP contribution in [0.25, 0.3) is 0 Å². The van der Waals surface area contributed by atoms with Crippen molar-refractivity contribution in [2.45, 2.75) is 44.1 Å². The van der Waals surface area contributed by atoms with Crippen molar-refractivity contribution in [3.05, 3.63) is 16.1 Å². The molecule has 0 aromatic carbocycles. The van der Waals surface area contributed by atoms with Gasteiger partial charge >= 0.3 is 12.4 Å². The SMILES string of the molecule is NC(c1csc(C(F)(F)F)n1)C1CCC(C(F)(F)F)CC1. The van der Waals surface area contributed by atoms with E-state index in [2.05, 4.69) is 4.98 Å². The standard InChI is InChI=1S/C12H14F6N2S/c13-11(14,15)7-3-1-6(2-4-7)9(19)8-5-21-10(20-8)12(16,17)18/h5-7,9H,1-4,19H2. The van der Waals surface area contributed by atoms with Gasteiger partial charge in [-0.2, -0.15) is 26.3 Å². The number of nitrogens with zero attached hydrogens (tertiary/aromatic N) is 1. The van der Waals surface area contributed by atoms with Gasteiger partial charge in [0.25, 0.3) is 0 Å².